The Labute approximate surface area is 114 Å². The Morgan fingerprint density at radius 1 is 1.25 bits per heavy atom. The average Bonchev–Trinajstić information content (AvgIpc) is 2.84. The van der Waals surface area contributed by atoms with E-state index in [0.717, 1.165) is 5.39 Å². The number of carbonyl (C=O) groups is 1. The first-order valence-electron chi connectivity index (χ1n) is 6.10. The van der Waals surface area contributed by atoms with E-state index in [2.05, 4.69) is 10.5 Å². The first kappa shape index (κ1) is 12.2. The van der Waals surface area contributed by atoms with Gasteiger partial charge in [-0.2, -0.15) is 0 Å². The van der Waals surface area contributed by atoms with Crippen LogP contribution in [0.5, 0.6) is 5.75 Å². The molecule has 1 aromatic heterocycles. The van der Waals surface area contributed by atoms with Gasteiger partial charge in [-0.05, 0) is 18.4 Å². The van der Waals surface area contributed by atoms with Crippen LogP contribution in [-0.4, -0.2) is 16.2 Å². The number of aromatic nitrogens is 1. The molecule has 0 aliphatic carbocycles. The average molecular weight is 268 g/mol. The second-order valence-corrected chi connectivity index (χ2v) is 4.46. The molecule has 0 aliphatic heterocycles. The molecule has 0 unspecified atom stereocenters. The third-order valence-corrected chi connectivity index (χ3v) is 3.01. The van der Waals surface area contributed by atoms with Crippen molar-refractivity contribution in [2.75, 3.05) is 5.32 Å². The number of anilines is 1. The van der Waals surface area contributed by atoms with Crippen molar-refractivity contribution >= 4 is 22.5 Å². The second-order valence-electron chi connectivity index (χ2n) is 4.46. The van der Waals surface area contributed by atoms with Gasteiger partial charge in [0.15, 0.2) is 5.82 Å². The predicted octanol–water partition coefficient (Wildman–Crippen LogP) is 3.09. The molecule has 100 valence electrons. The van der Waals surface area contributed by atoms with Gasteiger partial charge in [-0.15, -0.1) is 0 Å². The van der Waals surface area contributed by atoms with Crippen molar-refractivity contribution in [3.05, 3.63) is 53.8 Å². The highest BCUT2D eigenvalue weighted by atomic mass is 16.5. The highest BCUT2D eigenvalue weighted by Crippen LogP contribution is 2.29. The first-order valence-corrected chi connectivity index (χ1v) is 6.10. The number of amides is 1. The smallest absolute Gasteiger partial charge is 0.260 e. The van der Waals surface area contributed by atoms with Crippen molar-refractivity contribution in [3.63, 3.8) is 0 Å². The van der Waals surface area contributed by atoms with Crippen molar-refractivity contribution in [1.82, 2.24) is 5.16 Å². The quantitative estimate of drug-likeness (QED) is 0.748. The summed E-state index contributed by atoms with van der Waals surface area (Å²) < 4.78 is 4.87. The highest BCUT2D eigenvalue weighted by molar-refractivity contribution is 6.09. The Hall–Kier alpha value is -2.82. The predicted molar refractivity (Wildman–Crippen MR) is 74.8 cm³/mol. The first-order chi connectivity index (χ1) is 9.65. The third-order valence-electron chi connectivity index (χ3n) is 3.01. The van der Waals surface area contributed by atoms with Gasteiger partial charge in [0.05, 0.1) is 5.56 Å². The van der Waals surface area contributed by atoms with Gasteiger partial charge >= 0.3 is 0 Å². The fraction of sp³-hybridized carbons (Fsp3) is 0.0667. The molecule has 0 atom stereocenters. The number of benzene rings is 2. The third kappa shape index (κ3) is 2.09. The summed E-state index contributed by atoms with van der Waals surface area (Å²) in [5, 5.41) is 18.0. The summed E-state index contributed by atoms with van der Waals surface area (Å²) in [5.74, 6) is 0.450. The molecule has 0 radical (unpaired) electrons. The van der Waals surface area contributed by atoms with Crippen LogP contribution >= 0.6 is 0 Å². The van der Waals surface area contributed by atoms with Crippen LogP contribution in [0.4, 0.5) is 5.82 Å². The fourth-order valence-corrected chi connectivity index (χ4v) is 2.05. The summed E-state index contributed by atoms with van der Waals surface area (Å²) in [6.45, 7) is 1.73. The van der Waals surface area contributed by atoms with Crippen LogP contribution < -0.4 is 5.32 Å². The zero-order valence-corrected chi connectivity index (χ0v) is 10.8. The van der Waals surface area contributed by atoms with Gasteiger partial charge < -0.3 is 14.9 Å². The van der Waals surface area contributed by atoms with E-state index in [1.165, 1.54) is 0 Å². The monoisotopic (exact) mass is 268 g/mol. The lowest BCUT2D eigenvalue weighted by molar-refractivity contribution is 0.102. The van der Waals surface area contributed by atoms with E-state index >= 15 is 0 Å². The lowest BCUT2D eigenvalue weighted by atomic mass is 10.0. The van der Waals surface area contributed by atoms with E-state index in [9.17, 15) is 9.90 Å². The van der Waals surface area contributed by atoms with Gasteiger partial charge in [-0.25, -0.2) is 0 Å². The zero-order valence-electron chi connectivity index (χ0n) is 10.8. The molecule has 3 aromatic rings. The number of aromatic hydroxyl groups is 1. The van der Waals surface area contributed by atoms with Gasteiger partial charge in [0.1, 0.15) is 11.5 Å². The molecule has 5 heteroatoms. The standard InChI is InChI=1S/C15H12N2O3/c1-9-8-13(17-20-9)16-15(19)12-7-6-10-4-2-3-5-11(10)14(12)18/h2-8,18H,1H3,(H,16,17,19). The van der Waals surface area contributed by atoms with E-state index in [0.29, 0.717) is 17.0 Å². The number of nitrogens with zero attached hydrogens (tertiary/aromatic N) is 1. The van der Waals surface area contributed by atoms with Crippen LogP contribution in [0.25, 0.3) is 10.8 Å². The van der Waals surface area contributed by atoms with Crippen molar-refractivity contribution in [3.8, 4) is 5.75 Å². The number of phenolic OH excluding ortho intramolecular Hbond substituents is 1. The minimum Gasteiger partial charge on any atom is -0.506 e. The van der Waals surface area contributed by atoms with Crippen LogP contribution in [0.3, 0.4) is 0 Å². The molecule has 2 N–H and O–H groups in total. The number of hydrogen-bond donors (Lipinski definition) is 2. The summed E-state index contributed by atoms with van der Waals surface area (Å²) in [6, 6.07) is 12.3. The molecule has 3 rings (SSSR count). The lowest BCUT2D eigenvalue weighted by Crippen LogP contribution is -2.12. The summed E-state index contributed by atoms with van der Waals surface area (Å²) in [5.41, 5.74) is 0.198. The van der Waals surface area contributed by atoms with E-state index in [1.807, 2.05) is 18.2 Å². The Morgan fingerprint density at radius 2 is 2.05 bits per heavy atom. The van der Waals surface area contributed by atoms with E-state index in [4.69, 9.17) is 4.52 Å². The molecular weight excluding hydrogens is 256 g/mol. The maximum Gasteiger partial charge on any atom is 0.260 e. The zero-order chi connectivity index (χ0) is 14.1. The highest BCUT2D eigenvalue weighted by Gasteiger charge is 2.15. The molecule has 0 fully saturated rings. The number of hydrogen-bond acceptors (Lipinski definition) is 4. The molecule has 0 bridgehead atoms. The molecule has 0 saturated carbocycles. The number of rotatable bonds is 2. The Bertz CT molecular complexity index is 793. The fourth-order valence-electron chi connectivity index (χ4n) is 2.05. The number of nitrogens with one attached hydrogen (secondary N) is 1. The van der Waals surface area contributed by atoms with Gasteiger partial charge in [0.25, 0.3) is 5.91 Å². The Balaban J connectivity index is 1.97. The SMILES string of the molecule is Cc1cc(NC(=O)c2ccc3ccccc3c2O)no1. The molecule has 0 aliphatic rings. The molecule has 1 amide bonds. The van der Waals surface area contributed by atoms with E-state index < -0.39 is 5.91 Å². The van der Waals surface area contributed by atoms with Crippen LogP contribution in [0.15, 0.2) is 47.0 Å². The van der Waals surface area contributed by atoms with Crippen molar-refractivity contribution in [1.29, 1.82) is 0 Å². The summed E-state index contributed by atoms with van der Waals surface area (Å²) in [7, 11) is 0. The van der Waals surface area contributed by atoms with E-state index in [1.54, 1.807) is 31.2 Å². The van der Waals surface area contributed by atoms with Gasteiger partial charge in [-0.1, -0.05) is 35.5 Å². The van der Waals surface area contributed by atoms with Crippen molar-refractivity contribution in [2.24, 2.45) is 0 Å². The molecule has 2 aromatic carbocycles. The number of phenols is 1. The molecule has 0 spiro atoms. The molecule has 5 nitrogen and oxygen atoms in total. The van der Waals surface area contributed by atoms with Crippen LogP contribution in [0, 0.1) is 6.92 Å². The Morgan fingerprint density at radius 3 is 2.80 bits per heavy atom. The largest absolute Gasteiger partial charge is 0.506 e. The number of carbonyl (C=O) groups excluding carboxylic acids is 1. The van der Waals surface area contributed by atoms with Crippen LogP contribution in [-0.2, 0) is 0 Å². The van der Waals surface area contributed by atoms with Crippen LogP contribution in [0.2, 0.25) is 0 Å². The molecule has 0 saturated heterocycles. The van der Waals surface area contributed by atoms with Crippen molar-refractivity contribution in [2.45, 2.75) is 6.92 Å². The van der Waals surface area contributed by atoms with Crippen LogP contribution in [0.1, 0.15) is 16.1 Å². The molecule has 20 heavy (non-hydrogen) atoms. The lowest BCUT2D eigenvalue weighted by Gasteiger charge is -2.07. The normalized spacial score (nSPS) is 10.7. The number of aryl methyl sites for hydroxylation is 1. The topological polar surface area (TPSA) is 75.4 Å². The summed E-state index contributed by atoms with van der Waals surface area (Å²) in [4.78, 5) is 12.1. The number of fused-ring (bicyclic) bond motifs is 1. The van der Waals surface area contributed by atoms with Crippen molar-refractivity contribution < 1.29 is 14.4 Å². The Kier molecular flexibility index (Phi) is 2.87. The summed E-state index contributed by atoms with van der Waals surface area (Å²) in [6.07, 6.45) is 0. The van der Waals surface area contributed by atoms with Gasteiger partial charge in [0.2, 0.25) is 0 Å². The maximum absolute atomic E-state index is 12.1. The summed E-state index contributed by atoms with van der Waals surface area (Å²) >= 11 is 0. The van der Waals surface area contributed by atoms with Gasteiger partial charge in [-0.3, -0.25) is 4.79 Å². The van der Waals surface area contributed by atoms with E-state index in [-0.39, 0.29) is 11.3 Å². The minimum atomic E-state index is -0.429. The molecule has 1 heterocycles. The second kappa shape index (κ2) is 4.70. The minimum absolute atomic E-state index is 0.0409. The van der Waals surface area contributed by atoms with Gasteiger partial charge in [0, 0.05) is 11.5 Å². The molecular formula is C15H12N2O3. The maximum atomic E-state index is 12.1.